The average molecular weight is 385 g/mol. The van der Waals surface area contributed by atoms with Crippen molar-refractivity contribution in [2.45, 2.75) is 65.0 Å². The van der Waals surface area contributed by atoms with Crippen molar-refractivity contribution in [2.75, 3.05) is 13.1 Å². The van der Waals surface area contributed by atoms with Gasteiger partial charge >= 0.3 is 6.18 Å². The van der Waals surface area contributed by atoms with Gasteiger partial charge in [-0.15, -0.1) is 0 Å². The second kappa shape index (κ2) is 9.06. The van der Waals surface area contributed by atoms with Gasteiger partial charge in [0.1, 0.15) is 0 Å². The zero-order chi connectivity index (χ0) is 20.2. The van der Waals surface area contributed by atoms with Gasteiger partial charge in [-0.1, -0.05) is 26.0 Å². The Balaban J connectivity index is 1.95. The molecule has 1 saturated heterocycles. The molecule has 1 aromatic rings. The molecule has 4 nitrogen and oxygen atoms in total. The van der Waals surface area contributed by atoms with Crippen LogP contribution in [0.4, 0.5) is 13.2 Å². The van der Waals surface area contributed by atoms with Crippen LogP contribution in [0.15, 0.2) is 24.3 Å². The molecule has 1 heterocycles. The number of carbonyl (C=O) groups excluding carboxylic acids is 1. The Labute approximate surface area is 159 Å². The highest BCUT2D eigenvalue weighted by molar-refractivity contribution is 5.82. The number of benzene rings is 1. The van der Waals surface area contributed by atoms with Crippen LogP contribution >= 0.6 is 0 Å². The highest BCUT2D eigenvalue weighted by Crippen LogP contribution is 2.29. The van der Waals surface area contributed by atoms with Crippen LogP contribution in [-0.2, 0) is 17.5 Å². The van der Waals surface area contributed by atoms with Crippen molar-refractivity contribution in [1.82, 2.24) is 15.5 Å². The van der Waals surface area contributed by atoms with Gasteiger partial charge in [0, 0.05) is 31.7 Å². The zero-order valence-corrected chi connectivity index (χ0v) is 16.4. The van der Waals surface area contributed by atoms with Crippen LogP contribution in [0.5, 0.6) is 0 Å². The van der Waals surface area contributed by atoms with E-state index in [-0.39, 0.29) is 24.0 Å². The predicted molar refractivity (Wildman–Crippen MR) is 100 cm³/mol. The molecule has 0 unspecified atom stereocenters. The monoisotopic (exact) mass is 385 g/mol. The first-order valence-electron chi connectivity index (χ1n) is 9.50. The predicted octanol–water partition coefficient (Wildman–Crippen LogP) is 3.42. The van der Waals surface area contributed by atoms with Gasteiger partial charge in [0.25, 0.3) is 0 Å². The zero-order valence-electron chi connectivity index (χ0n) is 16.4. The summed E-state index contributed by atoms with van der Waals surface area (Å²) in [6.07, 6.45) is -3.61. The fourth-order valence-corrected chi connectivity index (χ4v) is 3.45. The topological polar surface area (TPSA) is 44.4 Å². The van der Waals surface area contributed by atoms with E-state index in [4.69, 9.17) is 0 Å². The maximum absolute atomic E-state index is 12.6. The van der Waals surface area contributed by atoms with Gasteiger partial charge in [0.05, 0.1) is 11.6 Å². The molecule has 0 bridgehead atoms. The van der Waals surface area contributed by atoms with Crippen LogP contribution in [-0.4, -0.2) is 42.0 Å². The molecule has 2 N–H and O–H groups in total. The molecule has 27 heavy (non-hydrogen) atoms. The highest BCUT2D eigenvalue weighted by Gasteiger charge is 2.36. The summed E-state index contributed by atoms with van der Waals surface area (Å²) >= 11 is 0. The van der Waals surface area contributed by atoms with E-state index < -0.39 is 11.7 Å². The molecule has 7 heteroatoms. The molecular weight excluding hydrogens is 355 g/mol. The third-order valence-electron chi connectivity index (χ3n) is 4.61. The van der Waals surface area contributed by atoms with Gasteiger partial charge in [-0.2, -0.15) is 13.2 Å². The minimum atomic E-state index is -4.31. The summed E-state index contributed by atoms with van der Waals surface area (Å²) in [6, 6.07) is 5.27. The van der Waals surface area contributed by atoms with E-state index in [9.17, 15) is 18.0 Å². The van der Waals surface area contributed by atoms with E-state index in [1.54, 1.807) is 0 Å². The Kier molecular flexibility index (Phi) is 7.28. The first kappa shape index (κ1) is 21.7. The fraction of sp³-hybridized carbons (Fsp3) is 0.650. The molecule has 0 saturated carbocycles. The molecule has 152 valence electrons. The van der Waals surface area contributed by atoms with Crippen LogP contribution in [0.1, 0.15) is 45.2 Å². The first-order chi connectivity index (χ1) is 12.6. The molecule has 1 aliphatic rings. The van der Waals surface area contributed by atoms with E-state index >= 15 is 0 Å². The molecule has 2 rings (SSSR count). The molecule has 1 fully saturated rings. The standard InChI is InChI=1S/C20H30F3N3O/c1-13(2)11-26-12-17(9-18(26)19(27)25-14(3)4)24-10-15-5-7-16(8-6-15)20(21,22)23/h5-8,13-14,17-18,24H,9-12H2,1-4H3,(H,25,27)/t17-,18+/m1/s1. The number of hydrogen-bond donors (Lipinski definition) is 2. The van der Waals surface area contributed by atoms with Crippen LogP contribution in [0.2, 0.25) is 0 Å². The number of alkyl halides is 3. The second-order valence-electron chi connectivity index (χ2n) is 8.04. The Morgan fingerprint density at radius 2 is 1.81 bits per heavy atom. The summed E-state index contributed by atoms with van der Waals surface area (Å²) in [5.41, 5.74) is 0.161. The summed E-state index contributed by atoms with van der Waals surface area (Å²) in [5, 5.41) is 6.38. The molecule has 0 aliphatic carbocycles. The van der Waals surface area contributed by atoms with Crippen molar-refractivity contribution < 1.29 is 18.0 Å². The third kappa shape index (κ3) is 6.50. The summed E-state index contributed by atoms with van der Waals surface area (Å²) < 4.78 is 37.9. The molecule has 2 atom stereocenters. The fourth-order valence-electron chi connectivity index (χ4n) is 3.45. The maximum Gasteiger partial charge on any atom is 0.416 e. The lowest BCUT2D eigenvalue weighted by atomic mass is 10.1. The Morgan fingerprint density at radius 3 is 2.33 bits per heavy atom. The van der Waals surface area contributed by atoms with E-state index in [2.05, 4.69) is 29.4 Å². The van der Waals surface area contributed by atoms with Crippen molar-refractivity contribution in [3.63, 3.8) is 0 Å². The number of hydrogen-bond acceptors (Lipinski definition) is 3. The molecule has 1 aliphatic heterocycles. The Bertz CT molecular complexity index is 614. The van der Waals surface area contributed by atoms with Crippen LogP contribution in [0.25, 0.3) is 0 Å². The van der Waals surface area contributed by atoms with Gasteiger partial charge in [-0.25, -0.2) is 0 Å². The van der Waals surface area contributed by atoms with Crippen molar-refractivity contribution in [3.05, 3.63) is 35.4 Å². The van der Waals surface area contributed by atoms with Crippen molar-refractivity contribution in [3.8, 4) is 0 Å². The summed E-state index contributed by atoms with van der Waals surface area (Å²) in [5.74, 6) is 0.498. The lowest BCUT2D eigenvalue weighted by Crippen LogP contribution is -2.46. The van der Waals surface area contributed by atoms with Crippen molar-refractivity contribution >= 4 is 5.91 Å². The van der Waals surface area contributed by atoms with Gasteiger partial charge in [0.2, 0.25) is 5.91 Å². The van der Waals surface area contributed by atoms with E-state index in [1.807, 2.05) is 13.8 Å². The number of carbonyl (C=O) groups is 1. The largest absolute Gasteiger partial charge is 0.416 e. The third-order valence-corrected chi connectivity index (χ3v) is 4.61. The second-order valence-corrected chi connectivity index (χ2v) is 8.04. The van der Waals surface area contributed by atoms with Crippen LogP contribution < -0.4 is 10.6 Å². The molecule has 1 amide bonds. The normalized spacial score (nSPS) is 21.2. The van der Waals surface area contributed by atoms with Gasteiger partial charge in [-0.05, 0) is 43.9 Å². The number of amides is 1. The van der Waals surface area contributed by atoms with E-state index in [0.29, 0.717) is 18.9 Å². The summed E-state index contributed by atoms with van der Waals surface area (Å²) in [7, 11) is 0. The first-order valence-corrected chi connectivity index (χ1v) is 9.50. The summed E-state index contributed by atoms with van der Waals surface area (Å²) in [6.45, 7) is 10.2. The Hall–Kier alpha value is -1.60. The lowest BCUT2D eigenvalue weighted by molar-refractivity contribution is -0.137. The SMILES string of the molecule is CC(C)CN1C[C@H](NCc2ccc(C(F)(F)F)cc2)C[C@H]1C(=O)NC(C)C. The average Bonchev–Trinajstić information content (AvgIpc) is 2.94. The van der Waals surface area contributed by atoms with Crippen LogP contribution in [0, 0.1) is 5.92 Å². The van der Waals surface area contributed by atoms with E-state index in [0.717, 1.165) is 30.8 Å². The quantitative estimate of drug-likeness (QED) is 0.756. The maximum atomic E-state index is 12.6. The van der Waals surface area contributed by atoms with E-state index in [1.165, 1.54) is 12.1 Å². The highest BCUT2D eigenvalue weighted by atomic mass is 19.4. The number of likely N-dealkylation sites (tertiary alicyclic amines) is 1. The number of rotatable bonds is 7. The minimum absolute atomic E-state index is 0.0458. The Morgan fingerprint density at radius 1 is 1.19 bits per heavy atom. The molecule has 0 aromatic heterocycles. The van der Waals surface area contributed by atoms with Crippen LogP contribution in [0.3, 0.4) is 0 Å². The molecule has 1 aromatic carbocycles. The summed E-state index contributed by atoms with van der Waals surface area (Å²) in [4.78, 5) is 14.7. The molecule has 0 spiro atoms. The molecular formula is C20H30F3N3O. The van der Waals surface area contributed by atoms with Gasteiger partial charge in [-0.3, -0.25) is 9.69 Å². The lowest BCUT2D eigenvalue weighted by Gasteiger charge is -2.25. The molecule has 0 radical (unpaired) electrons. The minimum Gasteiger partial charge on any atom is -0.353 e. The number of nitrogens with zero attached hydrogens (tertiary/aromatic N) is 1. The van der Waals surface area contributed by atoms with Gasteiger partial charge < -0.3 is 10.6 Å². The number of halogens is 3. The van der Waals surface area contributed by atoms with Gasteiger partial charge in [0.15, 0.2) is 0 Å². The number of nitrogens with one attached hydrogen (secondary N) is 2. The van der Waals surface area contributed by atoms with Crippen molar-refractivity contribution in [2.24, 2.45) is 5.92 Å². The smallest absolute Gasteiger partial charge is 0.353 e. The van der Waals surface area contributed by atoms with Crippen molar-refractivity contribution in [1.29, 1.82) is 0 Å².